The number of amides is 1. The molecular formula is C15H22N2O4. The van der Waals surface area contributed by atoms with Crippen LogP contribution in [0.3, 0.4) is 0 Å². The first-order chi connectivity index (χ1) is 9.87. The highest BCUT2D eigenvalue weighted by atomic mass is 16.6. The Labute approximate surface area is 124 Å². The maximum absolute atomic E-state index is 11.5. The number of pyridine rings is 1. The van der Waals surface area contributed by atoms with Crippen LogP contribution in [0, 0.1) is 0 Å². The van der Waals surface area contributed by atoms with E-state index in [0.29, 0.717) is 13.0 Å². The molecule has 0 spiro atoms. The number of hydrogen-bond acceptors (Lipinski definition) is 5. The molecule has 0 fully saturated rings. The van der Waals surface area contributed by atoms with Crippen LogP contribution in [0.25, 0.3) is 0 Å². The van der Waals surface area contributed by atoms with Gasteiger partial charge in [-0.3, -0.25) is 9.78 Å². The van der Waals surface area contributed by atoms with Crippen LogP contribution in [-0.4, -0.2) is 35.8 Å². The molecule has 0 bridgehead atoms. The molecule has 0 aliphatic heterocycles. The smallest absolute Gasteiger partial charge is 0.407 e. The third-order valence-electron chi connectivity index (χ3n) is 2.32. The number of nitrogens with zero attached hydrogens (tertiary/aromatic N) is 1. The van der Waals surface area contributed by atoms with Gasteiger partial charge >= 0.3 is 12.1 Å². The van der Waals surface area contributed by atoms with E-state index in [4.69, 9.17) is 9.47 Å². The summed E-state index contributed by atoms with van der Waals surface area (Å²) < 4.78 is 10.1. The molecule has 1 aromatic rings. The lowest BCUT2D eigenvalue weighted by Crippen LogP contribution is -2.33. The molecular weight excluding hydrogens is 272 g/mol. The molecule has 1 N–H and O–H groups in total. The van der Waals surface area contributed by atoms with Crippen LogP contribution in [0.5, 0.6) is 0 Å². The van der Waals surface area contributed by atoms with Crippen LogP contribution < -0.4 is 5.32 Å². The van der Waals surface area contributed by atoms with Gasteiger partial charge in [-0.15, -0.1) is 0 Å². The first-order valence-electron chi connectivity index (χ1n) is 6.88. The standard InChI is InChI=1S/C15H22N2O4/c1-15(2,3)21-14(19)17-8-5-9-20-13(18)10-12-6-4-7-16-11-12/h4,6-7,11H,5,8-10H2,1-3H3,(H,17,19). The zero-order valence-corrected chi connectivity index (χ0v) is 12.7. The fourth-order valence-electron chi connectivity index (χ4n) is 1.48. The fourth-order valence-corrected chi connectivity index (χ4v) is 1.48. The van der Waals surface area contributed by atoms with Gasteiger partial charge < -0.3 is 14.8 Å². The molecule has 0 aliphatic carbocycles. The van der Waals surface area contributed by atoms with Crippen molar-refractivity contribution >= 4 is 12.1 Å². The molecule has 1 rings (SSSR count). The zero-order chi connectivity index (χ0) is 15.7. The van der Waals surface area contributed by atoms with Gasteiger partial charge in [0.15, 0.2) is 0 Å². The summed E-state index contributed by atoms with van der Waals surface area (Å²) >= 11 is 0. The molecule has 0 saturated carbocycles. The van der Waals surface area contributed by atoms with Crippen molar-refractivity contribution < 1.29 is 19.1 Å². The lowest BCUT2D eigenvalue weighted by molar-refractivity contribution is -0.142. The minimum atomic E-state index is -0.514. The summed E-state index contributed by atoms with van der Waals surface area (Å²) in [5, 5.41) is 2.60. The van der Waals surface area contributed by atoms with Gasteiger partial charge in [0.2, 0.25) is 0 Å². The molecule has 0 radical (unpaired) electrons. The van der Waals surface area contributed by atoms with Crippen molar-refractivity contribution in [2.45, 2.75) is 39.2 Å². The van der Waals surface area contributed by atoms with Gasteiger partial charge in [-0.2, -0.15) is 0 Å². The average molecular weight is 294 g/mol. The Hall–Kier alpha value is -2.11. The Morgan fingerprint density at radius 3 is 2.71 bits per heavy atom. The van der Waals surface area contributed by atoms with Gasteiger partial charge in [-0.05, 0) is 38.8 Å². The predicted molar refractivity (Wildman–Crippen MR) is 77.8 cm³/mol. The number of nitrogens with one attached hydrogen (secondary N) is 1. The van der Waals surface area contributed by atoms with E-state index in [1.807, 2.05) is 6.07 Å². The SMILES string of the molecule is CC(C)(C)OC(=O)NCCCOC(=O)Cc1cccnc1. The molecule has 21 heavy (non-hydrogen) atoms. The van der Waals surface area contributed by atoms with Crippen molar-refractivity contribution in [3.8, 4) is 0 Å². The van der Waals surface area contributed by atoms with Crippen LogP contribution in [-0.2, 0) is 20.7 Å². The van der Waals surface area contributed by atoms with Crippen molar-refractivity contribution in [3.63, 3.8) is 0 Å². The number of rotatable bonds is 6. The Morgan fingerprint density at radius 2 is 2.10 bits per heavy atom. The summed E-state index contributed by atoms with van der Waals surface area (Å²) in [6.45, 7) is 6.05. The van der Waals surface area contributed by atoms with E-state index in [1.165, 1.54) is 0 Å². The van der Waals surface area contributed by atoms with Crippen LogP contribution in [0.2, 0.25) is 0 Å². The number of aromatic nitrogens is 1. The second-order valence-corrected chi connectivity index (χ2v) is 5.54. The lowest BCUT2D eigenvalue weighted by Gasteiger charge is -2.19. The average Bonchev–Trinajstić information content (AvgIpc) is 2.37. The summed E-state index contributed by atoms with van der Waals surface area (Å²) in [7, 11) is 0. The second-order valence-electron chi connectivity index (χ2n) is 5.54. The minimum absolute atomic E-state index is 0.202. The van der Waals surface area contributed by atoms with E-state index in [1.54, 1.807) is 39.2 Å². The second kappa shape index (κ2) is 8.24. The molecule has 6 nitrogen and oxygen atoms in total. The number of alkyl carbamates (subject to hydrolysis) is 1. The molecule has 1 heterocycles. The summed E-state index contributed by atoms with van der Waals surface area (Å²) in [5.41, 5.74) is 0.301. The fraction of sp³-hybridized carbons (Fsp3) is 0.533. The number of carbonyl (C=O) groups excluding carboxylic acids is 2. The number of carbonyl (C=O) groups is 2. The highest BCUT2D eigenvalue weighted by Crippen LogP contribution is 2.06. The highest BCUT2D eigenvalue weighted by molar-refractivity contribution is 5.72. The number of esters is 1. The van der Waals surface area contributed by atoms with Gasteiger partial charge in [0.05, 0.1) is 13.0 Å². The summed E-state index contributed by atoms with van der Waals surface area (Å²) in [6, 6.07) is 3.59. The summed E-state index contributed by atoms with van der Waals surface area (Å²) in [5.74, 6) is -0.305. The largest absolute Gasteiger partial charge is 0.465 e. The first kappa shape index (κ1) is 16.9. The lowest BCUT2D eigenvalue weighted by atomic mass is 10.2. The molecule has 0 saturated heterocycles. The van der Waals surface area contributed by atoms with Crippen LogP contribution in [0.15, 0.2) is 24.5 Å². The predicted octanol–water partition coefficient (Wildman–Crippen LogP) is 2.08. The number of hydrogen-bond donors (Lipinski definition) is 1. The van der Waals surface area contributed by atoms with Crippen molar-refractivity contribution in [2.75, 3.05) is 13.2 Å². The molecule has 116 valence electrons. The van der Waals surface area contributed by atoms with Crippen molar-refractivity contribution in [1.82, 2.24) is 10.3 Å². The van der Waals surface area contributed by atoms with Gasteiger partial charge in [-0.25, -0.2) is 4.79 Å². The van der Waals surface area contributed by atoms with Crippen molar-refractivity contribution in [2.24, 2.45) is 0 Å². The third kappa shape index (κ3) is 8.62. The zero-order valence-electron chi connectivity index (χ0n) is 12.7. The normalized spacial score (nSPS) is 10.8. The van der Waals surface area contributed by atoms with Crippen molar-refractivity contribution in [1.29, 1.82) is 0 Å². The topological polar surface area (TPSA) is 77.5 Å². The van der Waals surface area contributed by atoms with Crippen LogP contribution >= 0.6 is 0 Å². The minimum Gasteiger partial charge on any atom is -0.465 e. The van der Waals surface area contributed by atoms with E-state index < -0.39 is 11.7 Å². The number of ether oxygens (including phenoxy) is 2. The summed E-state index contributed by atoms with van der Waals surface area (Å²) in [6.07, 6.45) is 3.55. The molecule has 1 aromatic heterocycles. The first-order valence-corrected chi connectivity index (χ1v) is 6.88. The van der Waals surface area contributed by atoms with Crippen molar-refractivity contribution in [3.05, 3.63) is 30.1 Å². The van der Waals surface area contributed by atoms with Crippen LogP contribution in [0.4, 0.5) is 4.79 Å². The van der Waals surface area contributed by atoms with Crippen LogP contribution in [0.1, 0.15) is 32.8 Å². The van der Waals surface area contributed by atoms with E-state index in [-0.39, 0.29) is 19.0 Å². The van der Waals surface area contributed by atoms with E-state index in [9.17, 15) is 9.59 Å². The Bertz CT molecular complexity index is 454. The third-order valence-corrected chi connectivity index (χ3v) is 2.32. The van der Waals surface area contributed by atoms with Gasteiger partial charge in [0.1, 0.15) is 5.60 Å². The molecule has 0 unspecified atom stereocenters. The quantitative estimate of drug-likeness (QED) is 0.642. The molecule has 0 aliphatic rings. The van der Waals surface area contributed by atoms with E-state index >= 15 is 0 Å². The Morgan fingerprint density at radius 1 is 1.33 bits per heavy atom. The van der Waals surface area contributed by atoms with Gasteiger partial charge in [0.25, 0.3) is 0 Å². The molecule has 6 heteroatoms. The Balaban J connectivity index is 2.09. The monoisotopic (exact) mass is 294 g/mol. The highest BCUT2D eigenvalue weighted by Gasteiger charge is 2.15. The summed E-state index contributed by atoms with van der Waals surface area (Å²) in [4.78, 5) is 26.8. The molecule has 1 amide bonds. The molecule has 0 atom stereocenters. The van der Waals surface area contributed by atoms with E-state index in [2.05, 4.69) is 10.3 Å². The van der Waals surface area contributed by atoms with E-state index in [0.717, 1.165) is 5.56 Å². The van der Waals surface area contributed by atoms with Gasteiger partial charge in [0, 0.05) is 18.9 Å². The Kier molecular flexibility index (Phi) is 6.65. The molecule has 0 aromatic carbocycles. The maximum atomic E-state index is 11.5. The van der Waals surface area contributed by atoms with Gasteiger partial charge in [-0.1, -0.05) is 6.07 Å². The maximum Gasteiger partial charge on any atom is 0.407 e.